The predicted octanol–water partition coefficient (Wildman–Crippen LogP) is 0.299. The maximum absolute atomic E-state index is 6.00. The van der Waals surface area contributed by atoms with Gasteiger partial charge in [-0.15, -0.1) is 0 Å². The molecule has 7 heteroatoms. The van der Waals surface area contributed by atoms with Crippen LogP contribution in [0.25, 0.3) is 0 Å². The summed E-state index contributed by atoms with van der Waals surface area (Å²) in [5, 5.41) is 8.55. The molecule has 0 saturated carbocycles. The quantitative estimate of drug-likeness (QED) is 0.557. The summed E-state index contributed by atoms with van der Waals surface area (Å²) >= 11 is 5.00. The first-order valence-corrected chi connectivity index (χ1v) is 6.30. The molecule has 1 aromatic rings. The van der Waals surface area contributed by atoms with E-state index in [9.17, 15) is 0 Å². The van der Waals surface area contributed by atoms with Crippen LogP contribution in [-0.4, -0.2) is 20.0 Å². The zero-order chi connectivity index (χ0) is 12.0. The van der Waals surface area contributed by atoms with Crippen LogP contribution < -0.4 is 11.2 Å². The number of hydrogen-bond donors (Lipinski definition) is 2. The van der Waals surface area contributed by atoms with Gasteiger partial charge >= 0.3 is 0 Å². The summed E-state index contributed by atoms with van der Waals surface area (Å²) in [6.07, 6.45) is 4.18. The molecule has 2 aliphatic rings. The largest absolute Gasteiger partial charge is 0.532 e. The second-order valence-corrected chi connectivity index (χ2v) is 5.00. The van der Waals surface area contributed by atoms with Crippen LogP contribution in [0.3, 0.4) is 0 Å². The van der Waals surface area contributed by atoms with Crippen molar-refractivity contribution in [3.8, 4) is 0 Å². The highest BCUT2D eigenvalue weighted by Crippen LogP contribution is 2.27. The second-order valence-electron chi connectivity index (χ2n) is 4.63. The van der Waals surface area contributed by atoms with E-state index < -0.39 is 0 Å². The molecule has 92 valence electrons. The van der Waals surface area contributed by atoms with Gasteiger partial charge in [0, 0.05) is 5.69 Å². The van der Waals surface area contributed by atoms with Gasteiger partial charge in [-0.1, -0.05) is 0 Å². The van der Waals surface area contributed by atoms with Crippen LogP contribution in [-0.2, 0) is 25.7 Å². The standard InChI is InChI=1S/C10H16N6S/c1-6-7-4-2-3-5-8(7)15(13-6)10-9(11)16(17)14-12-10/h9-10,12H,2-5,11H2,1H3. The number of rotatable bonds is 1. The minimum absolute atomic E-state index is 0.145. The monoisotopic (exact) mass is 252 g/mol. The van der Waals surface area contributed by atoms with Gasteiger partial charge in [-0.05, 0) is 38.2 Å². The van der Waals surface area contributed by atoms with Gasteiger partial charge in [0.1, 0.15) is 0 Å². The van der Waals surface area contributed by atoms with Gasteiger partial charge in [-0.2, -0.15) is 10.5 Å². The minimum Gasteiger partial charge on any atom is -0.532 e. The van der Waals surface area contributed by atoms with Crippen molar-refractivity contribution >= 4 is 12.8 Å². The Bertz CT molecular complexity index is 479. The Balaban J connectivity index is 1.99. The number of hydrogen-bond acceptors (Lipinski definition) is 5. The summed E-state index contributed by atoms with van der Waals surface area (Å²) in [5.74, 6) is 0. The van der Waals surface area contributed by atoms with Gasteiger partial charge in [0.15, 0.2) is 0 Å². The number of nitrogens with one attached hydrogen (secondary N) is 1. The molecular weight excluding hydrogens is 236 g/mol. The Morgan fingerprint density at radius 2 is 2.24 bits per heavy atom. The Labute approximate surface area is 105 Å². The maximum atomic E-state index is 6.00. The lowest BCUT2D eigenvalue weighted by Gasteiger charge is -2.18. The molecule has 0 aromatic carbocycles. The first-order chi connectivity index (χ1) is 8.18. The van der Waals surface area contributed by atoms with Gasteiger partial charge in [-0.25, -0.2) is 4.68 Å². The second kappa shape index (κ2) is 3.92. The Morgan fingerprint density at radius 3 is 2.94 bits per heavy atom. The van der Waals surface area contributed by atoms with Crippen LogP contribution >= 0.6 is 0 Å². The summed E-state index contributed by atoms with van der Waals surface area (Å²) in [4.78, 5) is 0. The predicted molar refractivity (Wildman–Crippen MR) is 63.8 cm³/mol. The lowest BCUT2D eigenvalue weighted by Crippen LogP contribution is -2.40. The van der Waals surface area contributed by atoms with Crippen LogP contribution in [0.2, 0.25) is 0 Å². The fraction of sp³-hybridized carbons (Fsp3) is 0.700. The van der Waals surface area contributed by atoms with Crippen molar-refractivity contribution in [3.63, 3.8) is 0 Å². The molecule has 3 N–H and O–H groups in total. The third-order valence-electron chi connectivity index (χ3n) is 3.54. The van der Waals surface area contributed by atoms with Crippen LogP contribution in [0.15, 0.2) is 5.22 Å². The number of fused-ring (bicyclic) bond motifs is 1. The summed E-state index contributed by atoms with van der Waals surface area (Å²) in [6.45, 7) is 2.06. The highest BCUT2D eigenvalue weighted by atomic mass is 32.1. The first kappa shape index (κ1) is 10.9. The van der Waals surface area contributed by atoms with Crippen molar-refractivity contribution in [1.29, 1.82) is 0 Å². The molecule has 2 heterocycles. The fourth-order valence-electron chi connectivity index (χ4n) is 2.62. The highest BCUT2D eigenvalue weighted by molar-refractivity contribution is 7.51. The van der Waals surface area contributed by atoms with Crippen molar-refractivity contribution in [3.05, 3.63) is 17.0 Å². The molecule has 1 aromatic heterocycles. The van der Waals surface area contributed by atoms with Crippen molar-refractivity contribution in [2.75, 3.05) is 0 Å². The molecule has 0 saturated heterocycles. The maximum Gasteiger partial charge on any atom is 0.261 e. The normalized spacial score (nSPS) is 27.5. The minimum atomic E-state index is -0.338. The molecule has 17 heavy (non-hydrogen) atoms. The molecule has 6 nitrogen and oxygen atoms in total. The summed E-state index contributed by atoms with van der Waals surface area (Å²) in [5.41, 5.74) is 12.7. The SMILES string of the molecule is Cc1nn(C2NN=[N+]([S-])C2N)c2c1CCCC2. The van der Waals surface area contributed by atoms with Gasteiger partial charge < -0.3 is 12.8 Å². The molecule has 0 bridgehead atoms. The van der Waals surface area contributed by atoms with E-state index in [2.05, 4.69) is 22.7 Å². The van der Waals surface area contributed by atoms with E-state index in [1.54, 1.807) is 0 Å². The zero-order valence-corrected chi connectivity index (χ0v) is 10.6. The topological polar surface area (TPSA) is 71.2 Å². The summed E-state index contributed by atoms with van der Waals surface area (Å²) < 4.78 is 3.31. The smallest absolute Gasteiger partial charge is 0.261 e. The van der Waals surface area contributed by atoms with Crippen LogP contribution in [0.4, 0.5) is 0 Å². The highest BCUT2D eigenvalue weighted by Gasteiger charge is 2.35. The van der Waals surface area contributed by atoms with E-state index in [0.717, 1.165) is 18.5 Å². The summed E-state index contributed by atoms with van der Waals surface area (Å²) in [6, 6.07) is 0. The van der Waals surface area contributed by atoms with Gasteiger partial charge in [0.2, 0.25) is 6.17 Å². The van der Waals surface area contributed by atoms with E-state index in [1.807, 2.05) is 4.68 Å². The average Bonchev–Trinajstić information content (AvgIpc) is 2.83. The Kier molecular flexibility index (Phi) is 2.52. The molecule has 2 unspecified atom stereocenters. The third-order valence-corrected chi connectivity index (χ3v) is 3.87. The molecule has 1 aliphatic carbocycles. The summed E-state index contributed by atoms with van der Waals surface area (Å²) in [7, 11) is 0. The molecule has 3 rings (SSSR count). The Morgan fingerprint density at radius 1 is 1.47 bits per heavy atom. The number of nitrogens with zero attached hydrogens (tertiary/aromatic N) is 4. The van der Waals surface area contributed by atoms with Crippen LogP contribution in [0, 0.1) is 6.92 Å². The first-order valence-electron chi connectivity index (χ1n) is 5.93. The molecule has 0 amide bonds. The van der Waals surface area contributed by atoms with Crippen molar-refractivity contribution in [2.24, 2.45) is 11.0 Å². The fourth-order valence-corrected chi connectivity index (χ4v) is 2.79. The van der Waals surface area contributed by atoms with Gasteiger partial charge in [-0.3, -0.25) is 9.84 Å². The average molecular weight is 252 g/mol. The van der Waals surface area contributed by atoms with E-state index >= 15 is 0 Å². The molecule has 0 radical (unpaired) electrons. The van der Waals surface area contributed by atoms with Crippen molar-refractivity contribution in [1.82, 2.24) is 15.2 Å². The lowest BCUT2D eigenvalue weighted by atomic mass is 9.96. The third kappa shape index (κ3) is 1.61. The molecule has 0 spiro atoms. The zero-order valence-electron chi connectivity index (χ0n) is 9.76. The van der Waals surface area contributed by atoms with Crippen LogP contribution in [0.5, 0.6) is 0 Å². The lowest BCUT2D eigenvalue weighted by molar-refractivity contribution is -0.455. The molecule has 2 atom stereocenters. The van der Waals surface area contributed by atoms with Gasteiger partial charge in [0.25, 0.3) is 6.17 Å². The molecule has 1 aliphatic heterocycles. The van der Waals surface area contributed by atoms with Gasteiger partial charge in [0.05, 0.1) is 10.9 Å². The number of nitrogens with two attached hydrogens (primary N) is 1. The van der Waals surface area contributed by atoms with Crippen LogP contribution in [0.1, 0.15) is 36.0 Å². The molecular formula is C10H16N6S. The van der Waals surface area contributed by atoms with Crippen molar-refractivity contribution in [2.45, 2.75) is 44.9 Å². The van der Waals surface area contributed by atoms with E-state index in [-0.39, 0.29) is 12.3 Å². The number of aryl methyl sites for hydroxylation is 1. The van der Waals surface area contributed by atoms with E-state index in [0.29, 0.717) is 0 Å². The number of aromatic nitrogens is 2. The van der Waals surface area contributed by atoms with E-state index in [1.165, 1.54) is 28.2 Å². The van der Waals surface area contributed by atoms with E-state index in [4.69, 9.17) is 18.5 Å². The molecule has 0 fully saturated rings. The Hall–Kier alpha value is -1.21. The van der Waals surface area contributed by atoms with Crippen molar-refractivity contribution < 1.29 is 4.10 Å².